The van der Waals surface area contributed by atoms with Crippen LogP contribution in [0.3, 0.4) is 0 Å². The Balaban J connectivity index is 1.20. The molecule has 474 valence electrons. The Morgan fingerprint density at radius 3 is 1.00 bits per heavy atom. The zero-order valence-corrected chi connectivity index (χ0v) is 57.6. The van der Waals surface area contributed by atoms with Crippen molar-refractivity contribution in [1.29, 1.82) is 0 Å². The van der Waals surface area contributed by atoms with E-state index in [9.17, 15) is 0 Å². The van der Waals surface area contributed by atoms with Gasteiger partial charge in [-0.25, -0.2) is 0 Å². The van der Waals surface area contributed by atoms with Crippen LogP contribution in [0, 0.1) is 13.8 Å². The Morgan fingerprint density at radius 2 is 0.624 bits per heavy atom. The molecule has 1 unspecified atom stereocenters. The summed E-state index contributed by atoms with van der Waals surface area (Å²) in [5.74, 6) is 5.45. The Morgan fingerprint density at radius 1 is 0.290 bits per heavy atom. The normalized spacial score (nSPS) is 11.4. The maximum Gasteiger partial charge on any atom is 0.530 e. The third-order valence-electron chi connectivity index (χ3n) is 14.8. The maximum atomic E-state index is 7.40. The highest BCUT2D eigenvalue weighted by atomic mass is 31.2. The van der Waals surface area contributed by atoms with E-state index >= 15 is 0 Å². The van der Waals surface area contributed by atoms with E-state index in [1.165, 1.54) is 11.1 Å². The van der Waals surface area contributed by atoms with Crippen LogP contribution in [0.15, 0.2) is 231 Å². The number of hydrogen-bond donors (Lipinski definition) is 0. The minimum atomic E-state index is -2.37. The Kier molecular flexibility index (Phi) is 25.1. The molecular weight excluding hydrogens is 1240 g/mol. The predicted molar refractivity (Wildman–Crippen MR) is 388 cm³/mol. The van der Waals surface area contributed by atoms with Gasteiger partial charge < -0.3 is 54.3 Å². The van der Waals surface area contributed by atoms with Crippen LogP contribution < -0.4 is 70.7 Å². The molecule has 0 fully saturated rings. The van der Waals surface area contributed by atoms with Crippen LogP contribution in [0.2, 0.25) is 0 Å². The largest absolute Gasteiger partial charge is 0.530 e. The van der Waals surface area contributed by atoms with Crippen LogP contribution in [0.25, 0.3) is 11.1 Å². The van der Waals surface area contributed by atoms with Crippen molar-refractivity contribution in [2.24, 2.45) is 0 Å². The molecule has 10 aromatic rings. The molecule has 19 heteroatoms. The molecule has 0 saturated heterocycles. The second kappa shape index (κ2) is 34.6. The lowest BCUT2D eigenvalue weighted by molar-refractivity contribution is 0.376. The molecule has 0 aliphatic heterocycles. The summed E-state index contributed by atoms with van der Waals surface area (Å²) in [6, 6.07) is 73.4. The number of aryl methyl sites for hydroxylation is 5. The molecule has 0 heterocycles. The van der Waals surface area contributed by atoms with Gasteiger partial charge in [0, 0.05) is 0 Å². The topological polar surface area (TPSA) is 111 Å². The Labute approximate surface area is 556 Å². The van der Waals surface area contributed by atoms with E-state index in [4.69, 9.17) is 54.3 Å². The zero-order chi connectivity index (χ0) is 64.7. The fourth-order valence-corrected chi connectivity index (χ4v) is 14.2. The summed E-state index contributed by atoms with van der Waals surface area (Å²) in [6.07, 6.45) is 8.90. The minimum absolute atomic E-state index is 0.243. The van der Waals surface area contributed by atoms with Gasteiger partial charge in [0.2, 0.25) is 0 Å². The Hall–Kier alpha value is -8.29. The third kappa shape index (κ3) is 19.9. The lowest BCUT2D eigenvalue weighted by atomic mass is 9.92. The van der Waals surface area contributed by atoms with Gasteiger partial charge in [-0.05, 0) is 183 Å². The molecule has 12 nitrogen and oxygen atoms in total. The third-order valence-corrected chi connectivity index (χ3v) is 19.0. The summed E-state index contributed by atoms with van der Waals surface area (Å²) < 4.78 is 84.3. The van der Waals surface area contributed by atoms with E-state index in [0.29, 0.717) is 57.1 Å². The average molecular weight is 1310 g/mol. The van der Waals surface area contributed by atoms with Gasteiger partial charge in [-0.3, -0.25) is 0 Å². The first-order chi connectivity index (χ1) is 45.5. The molecule has 0 bridgehead atoms. The SMILES string of the molecule is Bc1ccc(OP(Oc2ccc(C)cc2C)Oc2cccc(OP(Oc3ccccc3)Oc3ccccc3)c2-c2c(OP(Oc3ccccc3)Oc3ccccc3)cccc2OP(Oc2ccc(CCCC)cc2B)Oc2ccc(CCCC)cc2B)c(CCCC)c1. The van der Waals surface area contributed by atoms with Crippen LogP contribution in [0.5, 0.6) is 69.0 Å². The summed E-state index contributed by atoms with van der Waals surface area (Å²) in [5, 5.41) is 0. The monoisotopic (exact) mass is 1310 g/mol. The molecule has 0 radical (unpaired) electrons. The van der Waals surface area contributed by atoms with Crippen molar-refractivity contribution in [3.8, 4) is 80.1 Å². The molecule has 0 amide bonds. The number of rotatable bonds is 34. The first-order valence-electron chi connectivity index (χ1n) is 31.7. The number of unbranched alkanes of at least 4 members (excludes halogenated alkanes) is 3. The summed E-state index contributed by atoms with van der Waals surface area (Å²) in [4.78, 5) is 0. The van der Waals surface area contributed by atoms with Gasteiger partial charge in [-0.15, -0.1) is 0 Å². The van der Waals surface area contributed by atoms with E-state index in [1.807, 2.05) is 224 Å². The fourth-order valence-electron chi connectivity index (χ4n) is 9.92. The van der Waals surface area contributed by atoms with Crippen molar-refractivity contribution >= 4 is 74.3 Å². The molecule has 0 saturated carbocycles. The first kappa shape index (κ1) is 67.6. The highest BCUT2D eigenvalue weighted by molar-refractivity contribution is 7.44. The molecule has 0 spiro atoms. The summed E-state index contributed by atoms with van der Waals surface area (Å²) in [7, 11) is -3.21. The summed E-state index contributed by atoms with van der Waals surface area (Å²) in [5.41, 5.74) is 9.06. The average Bonchev–Trinajstić information content (AvgIpc) is 0.803. The van der Waals surface area contributed by atoms with Gasteiger partial charge in [-0.2, -0.15) is 0 Å². The van der Waals surface area contributed by atoms with E-state index in [0.717, 1.165) is 90.9 Å². The van der Waals surface area contributed by atoms with Crippen molar-refractivity contribution in [2.45, 2.75) is 92.4 Å². The molecule has 0 aliphatic carbocycles. The first-order valence-corrected chi connectivity index (χ1v) is 36.0. The lowest BCUT2D eigenvalue weighted by Gasteiger charge is -2.26. The van der Waals surface area contributed by atoms with Crippen LogP contribution in [-0.2, 0) is 19.3 Å². The van der Waals surface area contributed by atoms with Crippen molar-refractivity contribution in [1.82, 2.24) is 0 Å². The molecule has 0 N–H and O–H groups in total. The van der Waals surface area contributed by atoms with Crippen molar-refractivity contribution in [3.63, 3.8) is 0 Å². The van der Waals surface area contributed by atoms with Crippen molar-refractivity contribution in [3.05, 3.63) is 258 Å². The van der Waals surface area contributed by atoms with Crippen molar-refractivity contribution in [2.75, 3.05) is 0 Å². The fraction of sp³-hybridized carbons (Fsp3) is 0.189. The second-order valence-corrected chi connectivity index (χ2v) is 26.4. The van der Waals surface area contributed by atoms with Gasteiger partial charge in [-0.1, -0.05) is 185 Å². The molecule has 0 aliphatic rings. The molecule has 10 aromatic carbocycles. The van der Waals surface area contributed by atoms with E-state index in [2.05, 4.69) is 65.0 Å². The standard InChI is InChI=1S/C74H77B3O12P4/c1-6-9-26-55-42-46-67(63(76)50-55)84-93(85-68-47-43-56(27-10-7-2)51-64(68)77)89-72-40-25-38-70(87-91(80-61-33-20-14-21-34-61)81-62-35-22-15-23-36-62)74(72)73-69(86-90(78-59-29-16-12-17-30-59)79-60-31-18-13-19-32-60)37-24-39-71(73)88-92(82-65-45-41-53(4)49-54(65)5)83-66-48-44-58(75)52-57(66)28-11-8-3/h12-25,29-52H,6-11,26-28,75-77H2,1-5H3. The van der Waals surface area contributed by atoms with E-state index in [-0.39, 0.29) is 23.0 Å². The smallest absolute Gasteiger partial charge is 0.409 e. The highest BCUT2D eigenvalue weighted by Crippen LogP contribution is 2.58. The van der Waals surface area contributed by atoms with Crippen LogP contribution >= 0.6 is 34.4 Å². The predicted octanol–water partition coefficient (Wildman–Crippen LogP) is 17.8. The highest BCUT2D eigenvalue weighted by Gasteiger charge is 2.35. The lowest BCUT2D eigenvalue weighted by Crippen LogP contribution is -2.15. The van der Waals surface area contributed by atoms with Gasteiger partial charge in [0.1, 0.15) is 92.5 Å². The zero-order valence-electron chi connectivity index (χ0n) is 54.0. The molecular formula is C74H77B3O12P4. The molecule has 10 rings (SSSR count). The summed E-state index contributed by atoms with van der Waals surface area (Å²) >= 11 is 0. The van der Waals surface area contributed by atoms with Crippen molar-refractivity contribution < 1.29 is 54.3 Å². The molecule has 93 heavy (non-hydrogen) atoms. The molecule has 1 atom stereocenters. The maximum absolute atomic E-state index is 7.40. The Bertz CT molecular complexity index is 3830. The second-order valence-electron chi connectivity index (χ2n) is 22.4. The number of benzene rings is 10. The van der Waals surface area contributed by atoms with Crippen LogP contribution in [0.1, 0.15) is 87.1 Å². The van der Waals surface area contributed by atoms with Crippen LogP contribution in [-0.4, -0.2) is 23.5 Å². The van der Waals surface area contributed by atoms with E-state index < -0.39 is 34.4 Å². The number of para-hydroxylation sites is 4. The minimum Gasteiger partial charge on any atom is -0.409 e. The van der Waals surface area contributed by atoms with Crippen LogP contribution in [0.4, 0.5) is 0 Å². The van der Waals surface area contributed by atoms with E-state index in [1.54, 1.807) is 0 Å². The van der Waals surface area contributed by atoms with Gasteiger partial charge in [0.15, 0.2) is 0 Å². The quantitative estimate of drug-likeness (QED) is 0.0283. The summed E-state index contributed by atoms with van der Waals surface area (Å²) in [6.45, 7) is 10.6. The number of hydrogen-bond acceptors (Lipinski definition) is 12. The van der Waals surface area contributed by atoms with Gasteiger partial charge >= 0.3 is 34.4 Å². The van der Waals surface area contributed by atoms with Gasteiger partial charge in [0.25, 0.3) is 0 Å². The molecule has 0 aromatic heterocycles. The van der Waals surface area contributed by atoms with Gasteiger partial charge in [0.05, 0.1) is 11.1 Å².